The SMILES string of the molecule is C[C@@H](Oc1cc2oc(=O)c3c(c2cc1Cl)CCCC3)C(=O)NCCCN1CCCC1=O. The Morgan fingerprint density at radius 2 is 1.97 bits per heavy atom. The Labute approximate surface area is 185 Å². The number of hydrogen-bond acceptors (Lipinski definition) is 5. The summed E-state index contributed by atoms with van der Waals surface area (Å²) in [5.41, 5.74) is 1.87. The Morgan fingerprint density at radius 3 is 2.71 bits per heavy atom. The molecule has 0 bridgehead atoms. The average Bonchev–Trinajstić information content (AvgIpc) is 3.17. The molecule has 1 aliphatic carbocycles. The molecule has 2 heterocycles. The highest BCUT2D eigenvalue weighted by Crippen LogP contribution is 2.34. The van der Waals surface area contributed by atoms with Crippen molar-refractivity contribution in [3.05, 3.63) is 38.7 Å². The number of amides is 2. The highest BCUT2D eigenvalue weighted by molar-refractivity contribution is 6.32. The highest BCUT2D eigenvalue weighted by Gasteiger charge is 2.22. The third kappa shape index (κ3) is 4.71. The van der Waals surface area contributed by atoms with Crippen LogP contribution >= 0.6 is 11.6 Å². The molecule has 2 amide bonds. The maximum Gasteiger partial charge on any atom is 0.339 e. The smallest absolute Gasteiger partial charge is 0.339 e. The predicted molar refractivity (Wildman–Crippen MR) is 118 cm³/mol. The fraction of sp³-hybridized carbons (Fsp3) is 0.522. The standard InChI is InChI=1S/C23H27ClN2O5/c1-14(22(28)25-9-5-11-26-10-4-8-21(26)27)30-20-13-19-17(12-18(20)24)15-6-2-3-7-16(15)23(29)31-19/h12-14H,2-11H2,1H3,(H,25,28)/t14-/m1/s1. The molecular formula is C23H27ClN2O5. The number of benzene rings is 1. The molecule has 2 aromatic rings. The molecule has 31 heavy (non-hydrogen) atoms. The molecule has 1 fully saturated rings. The van der Waals surface area contributed by atoms with Crippen molar-refractivity contribution in [1.29, 1.82) is 0 Å². The number of carbonyl (C=O) groups excluding carboxylic acids is 2. The monoisotopic (exact) mass is 446 g/mol. The van der Waals surface area contributed by atoms with Crippen LogP contribution in [0.4, 0.5) is 0 Å². The molecule has 4 rings (SSSR count). The Balaban J connectivity index is 1.39. The van der Waals surface area contributed by atoms with Crippen LogP contribution in [0.1, 0.15) is 50.2 Å². The van der Waals surface area contributed by atoms with Crippen molar-refractivity contribution in [2.24, 2.45) is 0 Å². The van der Waals surface area contributed by atoms with E-state index in [0.717, 1.165) is 55.2 Å². The number of halogens is 1. The fourth-order valence-electron chi connectivity index (χ4n) is 4.34. The van der Waals surface area contributed by atoms with Gasteiger partial charge in [-0.3, -0.25) is 9.59 Å². The van der Waals surface area contributed by atoms with Crippen LogP contribution in [0.25, 0.3) is 11.0 Å². The van der Waals surface area contributed by atoms with Crippen LogP contribution in [0, 0.1) is 0 Å². The first-order valence-corrected chi connectivity index (χ1v) is 11.3. The van der Waals surface area contributed by atoms with E-state index in [1.165, 1.54) is 0 Å². The number of aryl methyl sites for hydroxylation is 1. The number of hydrogen-bond donors (Lipinski definition) is 1. The molecule has 1 aromatic heterocycles. The van der Waals surface area contributed by atoms with Crippen LogP contribution in [0.2, 0.25) is 5.02 Å². The van der Waals surface area contributed by atoms with Gasteiger partial charge in [0, 0.05) is 43.1 Å². The lowest BCUT2D eigenvalue weighted by Crippen LogP contribution is -2.38. The second-order valence-corrected chi connectivity index (χ2v) is 8.63. The van der Waals surface area contributed by atoms with Crippen molar-refractivity contribution in [2.75, 3.05) is 19.6 Å². The first kappa shape index (κ1) is 21.7. The zero-order valence-corrected chi connectivity index (χ0v) is 18.4. The Morgan fingerprint density at radius 1 is 1.19 bits per heavy atom. The lowest BCUT2D eigenvalue weighted by molar-refractivity contribution is -0.127. The summed E-state index contributed by atoms with van der Waals surface area (Å²) in [4.78, 5) is 38.2. The molecule has 1 aromatic carbocycles. The Bertz CT molecular complexity index is 1060. The maximum absolute atomic E-state index is 12.4. The molecule has 166 valence electrons. The van der Waals surface area contributed by atoms with Gasteiger partial charge >= 0.3 is 5.63 Å². The quantitative estimate of drug-likeness (QED) is 0.521. The highest BCUT2D eigenvalue weighted by atomic mass is 35.5. The van der Waals surface area contributed by atoms with Crippen molar-refractivity contribution in [2.45, 2.75) is 58.0 Å². The average molecular weight is 447 g/mol. The molecule has 2 aliphatic rings. The third-order valence-electron chi connectivity index (χ3n) is 6.02. The Kier molecular flexibility index (Phi) is 6.51. The lowest BCUT2D eigenvalue weighted by atomic mass is 9.90. The van der Waals surface area contributed by atoms with E-state index in [0.29, 0.717) is 42.3 Å². The van der Waals surface area contributed by atoms with E-state index in [1.54, 1.807) is 19.1 Å². The molecule has 1 saturated heterocycles. The lowest BCUT2D eigenvalue weighted by Gasteiger charge is -2.19. The maximum atomic E-state index is 12.4. The van der Waals surface area contributed by atoms with Gasteiger partial charge in [-0.25, -0.2) is 4.79 Å². The zero-order valence-electron chi connectivity index (χ0n) is 17.7. The minimum Gasteiger partial charge on any atom is -0.479 e. The first-order chi connectivity index (χ1) is 14.9. The number of rotatable bonds is 7. The van der Waals surface area contributed by atoms with Crippen LogP contribution in [0.3, 0.4) is 0 Å². The van der Waals surface area contributed by atoms with Crippen molar-refractivity contribution in [1.82, 2.24) is 10.2 Å². The molecule has 0 saturated carbocycles. The minimum absolute atomic E-state index is 0.182. The van der Waals surface area contributed by atoms with Gasteiger partial charge in [0.05, 0.1) is 5.02 Å². The summed E-state index contributed by atoms with van der Waals surface area (Å²) >= 11 is 6.43. The Hall–Kier alpha value is -2.54. The number of nitrogens with one attached hydrogen (secondary N) is 1. The number of ether oxygens (including phenoxy) is 1. The molecule has 1 N–H and O–H groups in total. The predicted octanol–water partition coefficient (Wildman–Crippen LogP) is 3.22. The van der Waals surface area contributed by atoms with Crippen molar-refractivity contribution in [3.63, 3.8) is 0 Å². The molecule has 7 nitrogen and oxygen atoms in total. The van der Waals surface area contributed by atoms with Gasteiger partial charge in [0.15, 0.2) is 6.10 Å². The van der Waals surface area contributed by atoms with Crippen LogP contribution < -0.4 is 15.7 Å². The molecular weight excluding hydrogens is 420 g/mol. The van der Waals surface area contributed by atoms with Crippen LogP contribution in [-0.4, -0.2) is 42.5 Å². The second-order valence-electron chi connectivity index (χ2n) is 8.22. The van der Waals surface area contributed by atoms with E-state index in [4.69, 9.17) is 20.8 Å². The summed E-state index contributed by atoms with van der Waals surface area (Å²) in [5.74, 6) is 0.219. The molecule has 8 heteroatoms. The van der Waals surface area contributed by atoms with Crippen molar-refractivity contribution < 1.29 is 18.7 Å². The summed E-state index contributed by atoms with van der Waals surface area (Å²) in [6.07, 6.45) is 5.02. The number of nitrogens with zero attached hydrogens (tertiary/aromatic N) is 1. The molecule has 0 unspecified atom stereocenters. The van der Waals surface area contributed by atoms with Gasteiger partial charge in [0.1, 0.15) is 11.3 Å². The summed E-state index contributed by atoms with van der Waals surface area (Å²) in [6.45, 7) is 3.55. The topological polar surface area (TPSA) is 88.8 Å². The van der Waals surface area contributed by atoms with Crippen LogP contribution in [0.5, 0.6) is 5.75 Å². The van der Waals surface area contributed by atoms with Crippen molar-refractivity contribution in [3.8, 4) is 5.75 Å². The van der Waals surface area contributed by atoms with E-state index in [-0.39, 0.29) is 17.4 Å². The summed E-state index contributed by atoms with van der Waals surface area (Å²) in [6, 6.07) is 3.35. The van der Waals surface area contributed by atoms with E-state index in [9.17, 15) is 14.4 Å². The van der Waals surface area contributed by atoms with Crippen LogP contribution in [-0.2, 0) is 22.4 Å². The number of carbonyl (C=O) groups is 2. The zero-order chi connectivity index (χ0) is 22.0. The van der Waals surface area contributed by atoms with Gasteiger partial charge in [-0.2, -0.15) is 0 Å². The number of likely N-dealkylation sites (tertiary alicyclic amines) is 1. The van der Waals surface area contributed by atoms with Gasteiger partial charge in [-0.1, -0.05) is 11.6 Å². The first-order valence-electron chi connectivity index (χ1n) is 10.9. The number of fused-ring (bicyclic) bond motifs is 3. The van der Waals surface area contributed by atoms with E-state index in [2.05, 4.69) is 5.32 Å². The normalized spacial score (nSPS) is 17.0. The van der Waals surface area contributed by atoms with Gasteiger partial charge in [0.25, 0.3) is 5.91 Å². The molecule has 0 spiro atoms. The molecule has 0 radical (unpaired) electrons. The largest absolute Gasteiger partial charge is 0.479 e. The second kappa shape index (κ2) is 9.30. The van der Waals surface area contributed by atoms with Gasteiger partial charge in [-0.05, 0) is 57.1 Å². The van der Waals surface area contributed by atoms with Gasteiger partial charge in [-0.15, -0.1) is 0 Å². The summed E-state index contributed by atoms with van der Waals surface area (Å²) < 4.78 is 11.3. The van der Waals surface area contributed by atoms with Crippen molar-refractivity contribution >= 4 is 34.4 Å². The van der Waals surface area contributed by atoms with E-state index >= 15 is 0 Å². The molecule has 1 atom stereocenters. The third-order valence-corrected chi connectivity index (χ3v) is 6.32. The van der Waals surface area contributed by atoms with E-state index in [1.807, 2.05) is 4.90 Å². The summed E-state index contributed by atoms with van der Waals surface area (Å²) in [7, 11) is 0. The van der Waals surface area contributed by atoms with Gasteiger partial charge < -0.3 is 19.4 Å². The molecule has 1 aliphatic heterocycles. The van der Waals surface area contributed by atoms with E-state index < -0.39 is 6.10 Å². The van der Waals surface area contributed by atoms with Gasteiger partial charge in [0.2, 0.25) is 5.91 Å². The fourth-order valence-corrected chi connectivity index (χ4v) is 4.55. The van der Waals surface area contributed by atoms with Crippen LogP contribution in [0.15, 0.2) is 21.3 Å². The summed E-state index contributed by atoms with van der Waals surface area (Å²) in [5, 5.41) is 4.04. The minimum atomic E-state index is -0.771.